The average Bonchev–Trinajstić information content (AvgIpc) is 3.06. The van der Waals surface area contributed by atoms with Crippen LogP contribution in [0.3, 0.4) is 0 Å². The van der Waals surface area contributed by atoms with Crippen molar-refractivity contribution < 1.29 is 27.1 Å². The molecule has 0 aromatic heterocycles. The van der Waals surface area contributed by atoms with Gasteiger partial charge in [-0.05, 0) is 79.9 Å². The Bertz CT molecular complexity index is 1720. The maximum absolute atomic E-state index is 14.5. The molecule has 10 heteroatoms. The van der Waals surface area contributed by atoms with E-state index in [9.17, 15) is 22.4 Å². The van der Waals surface area contributed by atoms with E-state index in [-0.39, 0.29) is 35.5 Å². The van der Waals surface area contributed by atoms with Crippen LogP contribution in [0.15, 0.2) is 108 Å². The van der Waals surface area contributed by atoms with Crippen LogP contribution in [0.5, 0.6) is 5.75 Å². The zero-order chi connectivity index (χ0) is 33.3. The summed E-state index contributed by atoms with van der Waals surface area (Å²) < 4.78 is 48.3. The Balaban J connectivity index is 1.80. The van der Waals surface area contributed by atoms with Crippen LogP contribution in [0.25, 0.3) is 0 Å². The van der Waals surface area contributed by atoms with Gasteiger partial charge >= 0.3 is 0 Å². The minimum atomic E-state index is -4.32. The molecule has 1 N–H and O–H groups in total. The normalized spacial score (nSPS) is 12.5. The largest absolute Gasteiger partial charge is 0.497 e. The molecule has 0 saturated heterocycles. The van der Waals surface area contributed by atoms with Crippen molar-refractivity contribution in [3.8, 4) is 5.75 Å². The molecule has 0 bridgehead atoms. The van der Waals surface area contributed by atoms with Gasteiger partial charge < -0.3 is 15.0 Å². The van der Waals surface area contributed by atoms with E-state index in [2.05, 4.69) is 5.32 Å². The molecule has 0 heterocycles. The SMILES string of the molecule is CC[C@H](C)NC(=O)[C@H](Cc1ccccc1)N(Cc1cccc(C)c1)C(=O)CN(c1ccc(F)cc1)S(=O)(=O)c1ccc(OC)cc1. The zero-order valence-corrected chi connectivity index (χ0v) is 27.3. The summed E-state index contributed by atoms with van der Waals surface area (Å²) in [5.41, 5.74) is 2.71. The average molecular weight is 646 g/mol. The number of methoxy groups -OCH3 is 1. The Morgan fingerprint density at radius 2 is 1.54 bits per heavy atom. The van der Waals surface area contributed by atoms with Crippen molar-refractivity contribution >= 4 is 27.5 Å². The summed E-state index contributed by atoms with van der Waals surface area (Å²) in [6.45, 7) is 5.21. The number of sulfonamides is 1. The highest BCUT2D eigenvalue weighted by atomic mass is 32.2. The van der Waals surface area contributed by atoms with Crippen LogP contribution in [0, 0.1) is 12.7 Å². The first-order valence-corrected chi connectivity index (χ1v) is 16.6. The minimum Gasteiger partial charge on any atom is -0.497 e. The van der Waals surface area contributed by atoms with E-state index < -0.39 is 34.3 Å². The number of rotatable bonds is 14. The number of amides is 2. The highest BCUT2D eigenvalue weighted by molar-refractivity contribution is 7.92. The smallest absolute Gasteiger partial charge is 0.264 e. The van der Waals surface area contributed by atoms with Gasteiger partial charge in [0.2, 0.25) is 11.8 Å². The Morgan fingerprint density at radius 1 is 0.891 bits per heavy atom. The molecule has 0 saturated carbocycles. The first-order valence-electron chi connectivity index (χ1n) is 15.1. The van der Waals surface area contributed by atoms with Crippen molar-refractivity contribution in [2.45, 2.75) is 57.1 Å². The number of carbonyl (C=O) groups excluding carboxylic acids is 2. The fraction of sp³-hybridized carbons (Fsp3) is 0.278. The molecule has 46 heavy (non-hydrogen) atoms. The number of benzene rings is 4. The second-order valence-corrected chi connectivity index (χ2v) is 13.1. The van der Waals surface area contributed by atoms with Crippen molar-refractivity contribution in [3.63, 3.8) is 0 Å². The quantitative estimate of drug-likeness (QED) is 0.185. The third-order valence-electron chi connectivity index (χ3n) is 7.75. The van der Waals surface area contributed by atoms with Crippen LogP contribution in [0.2, 0.25) is 0 Å². The van der Waals surface area contributed by atoms with Gasteiger partial charge in [-0.1, -0.05) is 67.1 Å². The van der Waals surface area contributed by atoms with Crippen LogP contribution in [-0.2, 0) is 32.6 Å². The van der Waals surface area contributed by atoms with Gasteiger partial charge in [0.05, 0.1) is 17.7 Å². The predicted octanol–water partition coefficient (Wildman–Crippen LogP) is 5.89. The predicted molar refractivity (Wildman–Crippen MR) is 177 cm³/mol. The van der Waals surface area contributed by atoms with E-state index in [1.54, 1.807) is 0 Å². The number of halogens is 1. The Hall–Kier alpha value is -4.70. The second kappa shape index (κ2) is 15.5. The van der Waals surface area contributed by atoms with E-state index >= 15 is 0 Å². The van der Waals surface area contributed by atoms with E-state index in [0.717, 1.165) is 33.1 Å². The highest BCUT2D eigenvalue weighted by Crippen LogP contribution is 2.27. The van der Waals surface area contributed by atoms with Gasteiger partial charge in [0.25, 0.3) is 10.0 Å². The highest BCUT2D eigenvalue weighted by Gasteiger charge is 2.35. The molecule has 0 aliphatic rings. The fourth-order valence-electron chi connectivity index (χ4n) is 5.01. The topological polar surface area (TPSA) is 96.0 Å². The maximum atomic E-state index is 14.5. The van der Waals surface area contributed by atoms with E-state index in [1.165, 1.54) is 48.4 Å². The number of anilines is 1. The van der Waals surface area contributed by atoms with Crippen LogP contribution >= 0.6 is 0 Å². The first-order chi connectivity index (χ1) is 22.0. The van der Waals surface area contributed by atoms with Gasteiger partial charge in [0.1, 0.15) is 24.2 Å². The number of hydrogen-bond acceptors (Lipinski definition) is 5. The van der Waals surface area contributed by atoms with E-state index in [4.69, 9.17) is 4.74 Å². The zero-order valence-electron chi connectivity index (χ0n) is 26.5. The summed E-state index contributed by atoms with van der Waals surface area (Å²) in [4.78, 5) is 29.8. The van der Waals surface area contributed by atoms with Crippen LogP contribution in [0.4, 0.5) is 10.1 Å². The Kier molecular flexibility index (Phi) is 11.5. The summed E-state index contributed by atoms with van der Waals surface area (Å²) in [5.74, 6) is -1.03. The lowest BCUT2D eigenvalue weighted by molar-refractivity contribution is -0.140. The molecule has 2 atom stereocenters. The van der Waals surface area contributed by atoms with Gasteiger partial charge in [0, 0.05) is 19.0 Å². The lowest BCUT2D eigenvalue weighted by atomic mass is 10.0. The van der Waals surface area contributed by atoms with Crippen LogP contribution in [-0.4, -0.2) is 50.9 Å². The lowest BCUT2D eigenvalue weighted by Crippen LogP contribution is -2.54. The molecule has 0 radical (unpaired) electrons. The third-order valence-corrected chi connectivity index (χ3v) is 9.54. The van der Waals surface area contributed by atoms with Crippen LogP contribution < -0.4 is 14.4 Å². The molecule has 8 nitrogen and oxygen atoms in total. The molecule has 0 aliphatic carbocycles. The summed E-state index contributed by atoms with van der Waals surface area (Å²) in [5, 5.41) is 3.02. The third kappa shape index (κ3) is 8.72. The van der Waals surface area contributed by atoms with Gasteiger partial charge in [-0.2, -0.15) is 0 Å². The fourth-order valence-corrected chi connectivity index (χ4v) is 6.43. The number of aryl methyl sites for hydroxylation is 1. The second-order valence-electron chi connectivity index (χ2n) is 11.2. The molecule has 4 rings (SSSR count). The summed E-state index contributed by atoms with van der Waals surface area (Å²) >= 11 is 0. The van der Waals surface area contributed by atoms with Gasteiger partial charge in [-0.3, -0.25) is 13.9 Å². The molecule has 0 spiro atoms. The standard InChI is InChI=1S/C36H40FN3O5S/c1-5-27(3)38-36(42)34(23-28-11-7-6-8-12-28)39(24-29-13-9-10-26(2)22-29)35(41)25-40(31-16-14-30(37)15-17-31)46(43,44)33-20-18-32(45-4)19-21-33/h6-22,27,34H,5,23-25H2,1-4H3,(H,38,42)/t27-,34-/m0/s1. The summed E-state index contributed by atoms with van der Waals surface area (Å²) in [7, 11) is -2.85. The Labute approximate surface area is 270 Å². The van der Waals surface area contributed by atoms with E-state index in [0.29, 0.717) is 12.2 Å². The minimum absolute atomic E-state index is 0.0613. The number of nitrogens with zero attached hydrogens (tertiary/aromatic N) is 2. The van der Waals surface area contributed by atoms with Crippen molar-refractivity contribution in [2.24, 2.45) is 0 Å². The number of hydrogen-bond donors (Lipinski definition) is 1. The van der Waals surface area contributed by atoms with Crippen molar-refractivity contribution in [3.05, 3.63) is 126 Å². The first kappa shape index (κ1) is 34.2. The maximum Gasteiger partial charge on any atom is 0.264 e. The molecule has 4 aromatic rings. The van der Waals surface area contributed by atoms with Crippen molar-refractivity contribution in [2.75, 3.05) is 18.0 Å². The lowest BCUT2D eigenvalue weighted by Gasteiger charge is -2.34. The summed E-state index contributed by atoms with van der Waals surface area (Å²) in [6.07, 6.45) is 0.899. The number of carbonyl (C=O) groups is 2. The molecular formula is C36H40FN3O5S. The number of nitrogens with one attached hydrogen (secondary N) is 1. The molecule has 2 amide bonds. The van der Waals surface area contributed by atoms with E-state index in [1.807, 2.05) is 75.4 Å². The molecule has 0 aliphatic heterocycles. The summed E-state index contributed by atoms with van der Waals surface area (Å²) in [6, 6.07) is 26.6. The molecule has 0 fully saturated rings. The van der Waals surface area contributed by atoms with Crippen molar-refractivity contribution in [1.29, 1.82) is 0 Å². The van der Waals surface area contributed by atoms with Crippen LogP contribution in [0.1, 0.15) is 37.0 Å². The van der Waals surface area contributed by atoms with Gasteiger partial charge in [0.15, 0.2) is 0 Å². The van der Waals surface area contributed by atoms with Gasteiger partial charge in [-0.25, -0.2) is 12.8 Å². The molecule has 0 unspecified atom stereocenters. The number of ether oxygens (including phenoxy) is 1. The monoisotopic (exact) mass is 645 g/mol. The molecule has 4 aromatic carbocycles. The molecular weight excluding hydrogens is 605 g/mol. The van der Waals surface area contributed by atoms with Crippen molar-refractivity contribution in [1.82, 2.24) is 10.2 Å². The van der Waals surface area contributed by atoms with Gasteiger partial charge in [-0.15, -0.1) is 0 Å². The Morgan fingerprint density at radius 3 is 2.15 bits per heavy atom. The molecule has 242 valence electrons.